The highest BCUT2D eigenvalue weighted by molar-refractivity contribution is 6.30. The zero-order valence-electron chi connectivity index (χ0n) is 10.3. The highest BCUT2D eigenvalue weighted by Gasteiger charge is 2.18. The number of ether oxygens (including phenoxy) is 2. The Balaban J connectivity index is 2.95. The zero-order valence-corrected chi connectivity index (χ0v) is 11.8. The molecular weight excluding hydrogens is 289 g/mol. The second kappa shape index (κ2) is 7.07. The fraction of sp³-hybridized carbons (Fsp3) is 0.154. The van der Waals surface area contributed by atoms with Crippen molar-refractivity contribution < 1.29 is 14.3 Å². The molecule has 0 radical (unpaired) electrons. The lowest BCUT2D eigenvalue weighted by molar-refractivity contribution is -0.139. The van der Waals surface area contributed by atoms with Gasteiger partial charge in [0.25, 0.3) is 0 Å². The number of hydrogen-bond acceptors (Lipinski definition) is 4. The molecule has 1 aromatic rings. The van der Waals surface area contributed by atoms with Crippen LogP contribution in [0.4, 0.5) is 0 Å². The van der Waals surface area contributed by atoms with Crippen LogP contribution in [0.5, 0.6) is 0 Å². The van der Waals surface area contributed by atoms with E-state index in [1.165, 1.54) is 7.11 Å². The fourth-order valence-corrected chi connectivity index (χ4v) is 1.46. The molecule has 19 heavy (non-hydrogen) atoms. The van der Waals surface area contributed by atoms with Gasteiger partial charge in [-0.15, -0.1) is 11.6 Å². The van der Waals surface area contributed by atoms with Crippen LogP contribution >= 0.6 is 23.2 Å². The third-order valence-corrected chi connectivity index (χ3v) is 2.74. The van der Waals surface area contributed by atoms with E-state index in [-0.39, 0.29) is 23.1 Å². The van der Waals surface area contributed by atoms with E-state index in [1.54, 1.807) is 24.3 Å². The summed E-state index contributed by atoms with van der Waals surface area (Å²) in [4.78, 5) is 11.5. The Labute approximate surface area is 121 Å². The maximum Gasteiger partial charge on any atom is 0.375 e. The van der Waals surface area contributed by atoms with Crippen LogP contribution in [-0.2, 0) is 14.3 Å². The van der Waals surface area contributed by atoms with Gasteiger partial charge in [-0.3, -0.25) is 0 Å². The number of halogens is 2. The summed E-state index contributed by atoms with van der Waals surface area (Å²) < 4.78 is 9.91. The lowest BCUT2D eigenvalue weighted by Gasteiger charge is -2.12. The zero-order chi connectivity index (χ0) is 14.4. The van der Waals surface area contributed by atoms with Gasteiger partial charge < -0.3 is 15.2 Å². The van der Waals surface area contributed by atoms with Crippen LogP contribution in [0.2, 0.25) is 5.02 Å². The molecule has 0 aliphatic rings. The number of nitrogens with two attached hydrogens (primary N) is 1. The van der Waals surface area contributed by atoms with Gasteiger partial charge in [0.15, 0.2) is 0 Å². The van der Waals surface area contributed by atoms with Gasteiger partial charge in [-0.1, -0.05) is 18.2 Å². The van der Waals surface area contributed by atoms with Crippen molar-refractivity contribution in [2.45, 2.75) is 0 Å². The maximum absolute atomic E-state index is 11.5. The van der Waals surface area contributed by atoms with Gasteiger partial charge in [-0.25, -0.2) is 4.79 Å². The molecule has 0 fully saturated rings. The predicted molar refractivity (Wildman–Crippen MR) is 75.5 cm³/mol. The highest BCUT2D eigenvalue weighted by atomic mass is 35.5. The molecule has 6 heteroatoms. The molecule has 0 saturated heterocycles. The first-order valence-corrected chi connectivity index (χ1v) is 6.16. The summed E-state index contributed by atoms with van der Waals surface area (Å²) in [6.45, 7) is 3.72. The standard InChI is InChI=1S/C13H13Cl2NO3/c1-8(9-3-5-10(15)6-4-9)19-12(11(16)7-14)13(17)18-2/h3-6H,1,7,16H2,2H3/b12-11-. The van der Waals surface area contributed by atoms with E-state index in [4.69, 9.17) is 33.7 Å². The molecule has 1 aromatic carbocycles. The van der Waals surface area contributed by atoms with E-state index in [0.717, 1.165) is 0 Å². The van der Waals surface area contributed by atoms with Crippen LogP contribution in [0, 0.1) is 0 Å². The Bertz CT molecular complexity index is 509. The fourth-order valence-electron chi connectivity index (χ4n) is 1.21. The van der Waals surface area contributed by atoms with Crippen LogP contribution < -0.4 is 5.73 Å². The summed E-state index contributed by atoms with van der Waals surface area (Å²) in [5, 5.41) is 0.584. The Morgan fingerprint density at radius 3 is 2.42 bits per heavy atom. The van der Waals surface area contributed by atoms with Crippen LogP contribution in [-0.4, -0.2) is 19.0 Å². The van der Waals surface area contributed by atoms with Gasteiger partial charge in [-0.2, -0.15) is 0 Å². The number of methoxy groups -OCH3 is 1. The van der Waals surface area contributed by atoms with Gasteiger partial charge in [0.1, 0.15) is 5.76 Å². The third kappa shape index (κ3) is 4.19. The molecule has 0 bridgehead atoms. The number of alkyl halides is 1. The van der Waals surface area contributed by atoms with E-state index >= 15 is 0 Å². The Kier molecular flexibility index (Phi) is 5.73. The molecule has 0 atom stereocenters. The molecule has 1 rings (SSSR count). The predicted octanol–water partition coefficient (Wildman–Crippen LogP) is 2.91. The smallest absolute Gasteiger partial charge is 0.375 e. The third-order valence-electron chi connectivity index (χ3n) is 2.20. The Morgan fingerprint density at radius 1 is 1.37 bits per heavy atom. The number of carbonyl (C=O) groups excluding carboxylic acids is 1. The maximum atomic E-state index is 11.5. The van der Waals surface area contributed by atoms with Gasteiger partial charge in [-0.05, 0) is 24.3 Å². The van der Waals surface area contributed by atoms with Gasteiger partial charge in [0, 0.05) is 10.6 Å². The molecular formula is C13H13Cl2NO3. The highest BCUT2D eigenvalue weighted by Crippen LogP contribution is 2.21. The Morgan fingerprint density at radius 2 is 1.95 bits per heavy atom. The number of esters is 1. The van der Waals surface area contributed by atoms with E-state index in [9.17, 15) is 4.79 Å². The molecule has 2 N–H and O–H groups in total. The van der Waals surface area contributed by atoms with E-state index in [2.05, 4.69) is 11.3 Å². The number of benzene rings is 1. The van der Waals surface area contributed by atoms with Crippen molar-refractivity contribution in [2.75, 3.05) is 13.0 Å². The van der Waals surface area contributed by atoms with Gasteiger partial charge in [0.2, 0.25) is 5.76 Å². The van der Waals surface area contributed by atoms with Crippen molar-refractivity contribution in [2.24, 2.45) is 5.73 Å². The minimum Gasteiger partial charge on any atom is -0.463 e. The Hall–Kier alpha value is -1.65. The van der Waals surface area contributed by atoms with E-state index in [1.807, 2.05) is 0 Å². The molecule has 0 saturated carbocycles. The minimum atomic E-state index is -0.715. The summed E-state index contributed by atoms with van der Waals surface area (Å²) in [6, 6.07) is 6.77. The molecule has 4 nitrogen and oxygen atoms in total. The average Bonchev–Trinajstić information content (AvgIpc) is 2.43. The lowest BCUT2D eigenvalue weighted by Crippen LogP contribution is -2.16. The topological polar surface area (TPSA) is 61.5 Å². The summed E-state index contributed by atoms with van der Waals surface area (Å²) in [5.74, 6) is -0.700. The SMILES string of the molecule is C=C(O/C(C(=O)OC)=C(\N)CCl)c1ccc(Cl)cc1. The van der Waals surface area contributed by atoms with Crippen molar-refractivity contribution in [3.05, 3.63) is 52.9 Å². The molecule has 0 spiro atoms. The number of allylic oxidation sites excluding steroid dienone is 1. The van der Waals surface area contributed by atoms with Crippen LogP contribution in [0.1, 0.15) is 5.56 Å². The van der Waals surface area contributed by atoms with Crippen molar-refractivity contribution in [3.8, 4) is 0 Å². The monoisotopic (exact) mass is 301 g/mol. The molecule has 0 aromatic heterocycles. The molecule has 0 aliphatic heterocycles. The van der Waals surface area contributed by atoms with Crippen LogP contribution in [0.15, 0.2) is 42.3 Å². The van der Waals surface area contributed by atoms with E-state index < -0.39 is 5.97 Å². The number of carbonyl (C=O) groups is 1. The quantitative estimate of drug-likeness (QED) is 0.393. The second-order valence-corrected chi connectivity index (χ2v) is 4.22. The van der Waals surface area contributed by atoms with Gasteiger partial charge >= 0.3 is 5.97 Å². The summed E-state index contributed by atoms with van der Waals surface area (Å²) in [5.41, 5.74) is 6.34. The molecule has 0 heterocycles. The first-order chi connectivity index (χ1) is 8.99. The second-order valence-electron chi connectivity index (χ2n) is 3.51. The first kappa shape index (κ1) is 15.4. The molecule has 102 valence electrons. The summed E-state index contributed by atoms with van der Waals surface area (Å²) in [6.07, 6.45) is 0. The molecule has 0 aliphatic carbocycles. The van der Waals surface area contributed by atoms with Crippen molar-refractivity contribution in [1.29, 1.82) is 0 Å². The minimum absolute atomic E-state index is 0.0572. The van der Waals surface area contributed by atoms with E-state index in [0.29, 0.717) is 10.6 Å². The summed E-state index contributed by atoms with van der Waals surface area (Å²) >= 11 is 11.4. The normalized spacial score (nSPS) is 11.5. The van der Waals surface area contributed by atoms with Crippen molar-refractivity contribution >= 4 is 34.9 Å². The largest absolute Gasteiger partial charge is 0.463 e. The average molecular weight is 302 g/mol. The molecule has 0 unspecified atom stereocenters. The van der Waals surface area contributed by atoms with Crippen LogP contribution in [0.3, 0.4) is 0 Å². The van der Waals surface area contributed by atoms with Gasteiger partial charge in [0.05, 0.1) is 18.7 Å². The van der Waals surface area contributed by atoms with Crippen molar-refractivity contribution in [3.63, 3.8) is 0 Å². The summed E-state index contributed by atoms with van der Waals surface area (Å²) in [7, 11) is 1.22. The number of hydrogen-bond donors (Lipinski definition) is 1. The van der Waals surface area contributed by atoms with Crippen molar-refractivity contribution in [1.82, 2.24) is 0 Å². The first-order valence-electron chi connectivity index (χ1n) is 5.25. The number of rotatable bonds is 5. The lowest BCUT2D eigenvalue weighted by atomic mass is 10.2. The van der Waals surface area contributed by atoms with Crippen LogP contribution in [0.25, 0.3) is 5.76 Å². The molecule has 0 amide bonds.